The Morgan fingerprint density at radius 2 is 1.68 bits per heavy atom. The number of nitrogens with zero attached hydrogens (tertiary/aromatic N) is 1. The van der Waals surface area contributed by atoms with E-state index >= 15 is 0 Å². The van der Waals surface area contributed by atoms with E-state index in [0.717, 1.165) is 0 Å². The average Bonchev–Trinajstić information content (AvgIpc) is 2.73. The van der Waals surface area contributed by atoms with Crippen molar-refractivity contribution in [3.8, 4) is 0 Å². The number of likely N-dealkylation sites (tertiary alicyclic amines) is 1. The van der Waals surface area contributed by atoms with E-state index in [0.29, 0.717) is 42.2 Å². The number of benzene rings is 2. The van der Waals surface area contributed by atoms with Gasteiger partial charge in [0, 0.05) is 29.4 Å². The van der Waals surface area contributed by atoms with E-state index in [1.807, 2.05) is 18.2 Å². The number of hydrogen-bond donors (Lipinski definition) is 3. The van der Waals surface area contributed by atoms with Crippen LogP contribution in [0.15, 0.2) is 54.6 Å². The second kappa shape index (κ2) is 9.23. The fourth-order valence-corrected chi connectivity index (χ4v) is 3.12. The van der Waals surface area contributed by atoms with Crippen molar-refractivity contribution in [3.05, 3.63) is 65.2 Å². The van der Waals surface area contributed by atoms with E-state index in [1.165, 1.54) is 0 Å². The zero-order valence-electron chi connectivity index (χ0n) is 15.2. The molecule has 0 aromatic heterocycles. The van der Waals surface area contributed by atoms with Crippen LogP contribution in [0.3, 0.4) is 0 Å². The van der Waals surface area contributed by atoms with Crippen molar-refractivity contribution in [2.75, 3.05) is 18.4 Å². The maximum atomic E-state index is 12.4. The number of amides is 4. The molecule has 1 heterocycles. The van der Waals surface area contributed by atoms with E-state index < -0.39 is 5.91 Å². The van der Waals surface area contributed by atoms with Crippen LogP contribution in [-0.4, -0.2) is 35.8 Å². The third kappa shape index (κ3) is 5.23. The highest BCUT2D eigenvalue weighted by molar-refractivity contribution is 6.30. The van der Waals surface area contributed by atoms with E-state index in [1.54, 1.807) is 41.3 Å². The van der Waals surface area contributed by atoms with E-state index in [2.05, 4.69) is 16.2 Å². The first-order valence-corrected chi connectivity index (χ1v) is 9.37. The number of halogens is 1. The number of anilines is 1. The van der Waals surface area contributed by atoms with E-state index in [-0.39, 0.29) is 17.9 Å². The minimum Gasteiger partial charge on any atom is -0.324 e. The van der Waals surface area contributed by atoms with Gasteiger partial charge in [-0.2, -0.15) is 0 Å². The second-order valence-electron chi connectivity index (χ2n) is 6.53. The van der Waals surface area contributed by atoms with E-state index in [4.69, 9.17) is 11.6 Å². The molecule has 7 nitrogen and oxygen atoms in total. The van der Waals surface area contributed by atoms with Crippen molar-refractivity contribution < 1.29 is 14.4 Å². The van der Waals surface area contributed by atoms with Crippen molar-refractivity contribution in [1.82, 2.24) is 15.8 Å². The van der Waals surface area contributed by atoms with Gasteiger partial charge in [0.2, 0.25) is 5.91 Å². The molecular formula is C20H21ClN4O3. The number of urea groups is 1. The first kappa shape index (κ1) is 19.7. The van der Waals surface area contributed by atoms with Crippen LogP contribution in [-0.2, 0) is 4.79 Å². The highest BCUT2D eigenvalue weighted by Gasteiger charge is 2.28. The predicted octanol–water partition coefficient (Wildman–Crippen LogP) is 3.05. The predicted molar refractivity (Wildman–Crippen MR) is 107 cm³/mol. The Bertz CT molecular complexity index is 842. The summed E-state index contributed by atoms with van der Waals surface area (Å²) < 4.78 is 0. The topological polar surface area (TPSA) is 90.5 Å². The maximum Gasteiger partial charge on any atom is 0.321 e. The molecule has 8 heteroatoms. The molecule has 3 rings (SSSR count). The summed E-state index contributed by atoms with van der Waals surface area (Å²) in [6, 6.07) is 15.3. The molecule has 0 spiro atoms. The summed E-state index contributed by atoms with van der Waals surface area (Å²) in [5, 5.41) is 3.35. The highest BCUT2D eigenvalue weighted by Crippen LogP contribution is 2.18. The number of carbonyl (C=O) groups is 3. The average molecular weight is 401 g/mol. The summed E-state index contributed by atoms with van der Waals surface area (Å²) >= 11 is 5.80. The Kier molecular flexibility index (Phi) is 6.49. The number of carbonyl (C=O) groups excluding carboxylic acids is 3. The first-order chi connectivity index (χ1) is 13.5. The third-order valence-electron chi connectivity index (χ3n) is 4.51. The summed E-state index contributed by atoms with van der Waals surface area (Å²) in [5.74, 6) is -1.14. The lowest BCUT2D eigenvalue weighted by molar-refractivity contribution is -0.127. The molecule has 2 aromatic carbocycles. The van der Waals surface area contributed by atoms with E-state index in [9.17, 15) is 14.4 Å². The fraction of sp³-hybridized carbons (Fsp3) is 0.250. The van der Waals surface area contributed by atoms with Crippen LogP contribution in [0, 0.1) is 5.92 Å². The number of rotatable bonds is 3. The fourth-order valence-electron chi connectivity index (χ4n) is 2.99. The normalized spacial score (nSPS) is 16.2. The number of nitrogens with one attached hydrogen (secondary N) is 3. The SMILES string of the molecule is O=C(NNC(=O)[C@H]1CCCN(C(=O)Nc2ccccc2)C1)c1ccc(Cl)cc1. The van der Waals surface area contributed by atoms with Gasteiger partial charge in [-0.25, -0.2) is 4.79 Å². The Balaban J connectivity index is 1.50. The van der Waals surface area contributed by atoms with Crippen molar-refractivity contribution in [2.45, 2.75) is 12.8 Å². The molecule has 1 fully saturated rings. The molecule has 28 heavy (non-hydrogen) atoms. The van der Waals surface area contributed by atoms with Gasteiger partial charge in [0.15, 0.2) is 0 Å². The zero-order chi connectivity index (χ0) is 19.9. The van der Waals surface area contributed by atoms with Crippen LogP contribution in [0.4, 0.5) is 10.5 Å². The molecule has 0 unspecified atom stereocenters. The quantitative estimate of drug-likeness (QED) is 0.691. The largest absolute Gasteiger partial charge is 0.324 e. The van der Waals surface area contributed by atoms with Crippen LogP contribution in [0.25, 0.3) is 0 Å². The molecule has 0 radical (unpaired) electrons. The first-order valence-electron chi connectivity index (χ1n) is 8.99. The second-order valence-corrected chi connectivity index (χ2v) is 6.97. The van der Waals surface area contributed by atoms with Gasteiger partial charge in [-0.1, -0.05) is 29.8 Å². The molecule has 3 N–H and O–H groups in total. The molecule has 4 amide bonds. The molecule has 1 aliphatic heterocycles. The van der Waals surface area contributed by atoms with Crippen LogP contribution < -0.4 is 16.2 Å². The molecule has 1 saturated heterocycles. The summed E-state index contributed by atoms with van der Waals surface area (Å²) in [7, 11) is 0. The Hall–Kier alpha value is -3.06. The molecule has 0 aliphatic carbocycles. The lowest BCUT2D eigenvalue weighted by Crippen LogP contribution is -2.50. The minimum atomic E-state index is -0.431. The lowest BCUT2D eigenvalue weighted by atomic mass is 9.98. The summed E-state index contributed by atoms with van der Waals surface area (Å²) in [6.45, 7) is 0.876. The van der Waals surface area contributed by atoms with Gasteiger partial charge >= 0.3 is 6.03 Å². The van der Waals surface area contributed by atoms with Crippen molar-refractivity contribution in [2.24, 2.45) is 5.92 Å². The summed E-state index contributed by atoms with van der Waals surface area (Å²) in [4.78, 5) is 38.5. The number of hydrogen-bond acceptors (Lipinski definition) is 3. The molecule has 146 valence electrons. The monoisotopic (exact) mass is 400 g/mol. The molecule has 0 bridgehead atoms. The molecule has 1 aliphatic rings. The smallest absolute Gasteiger partial charge is 0.321 e. The lowest BCUT2D eigenvalue weighted by Gasteiger charge is -2.32. The number of piperidine rings is 1. The van der Waals surface area contributed by atoms with Crippen molar-refractivity contribution >= 4 is 35.1 Å². The van der Waals surface area contributed by atoms with Gasteiger partial charge in [-0.3, -0.25) is 20.4 Å². The standard InChI is InChI=1S/C20H21ClN4O3/c21-16-10-8-14(9-11-16)18(26)23-24-19(27)15-5-4-12-25(13-15)20(28)22-17-6-2-1-3-7-17/h1-3,6-11,15H,4-5,12-13H2,(H,22,28)(H,23,26)(H,24,27)/t15-/m0/s1. The van der Waals surface area contributed by atoms with Crippen molar-refractivity contribution in [3.63, 3.8) is 0 Å². The van der Waals surface area contributed by atoms with Crippen LogP contribution >= 0.6 is 11.6 Å². The zero-order valence-corrected chi connectivity index (χ0v) is 15.9. The summed E-state index contributed by atoms with van der Waals surface area (Å²) in [6.07, 6.45) is 1.36. The number of hydrazine groups is 1. The maximum absolute atomic E-state index is 12.4. The molecule has 0 saturated carbocycles. The van der Waals surface area contributed by atoms with Gasteiger partial charge in [0.1, 0.15) is 0 Å². The van der Waals surface area contributed by atoms with Gasteiger partial charge in [-0.15, -0.1) is 0 Å². The molecular weight excluding hydrogens is 380 g/mol. The van der Waals surface area contributed by atoms with Crippen molar-refractivity contribution in [1.29, 1.82) is 0 Å². The number of para-hydroxylation sites is 1. The van der Waals surface area contributed by atoms with Crippen LogP contribution in [0.5, 0.6) is 0 Å². The Morgan fingerprint density at radius 1 is 0.964 bits per heavy atom. The minimum absolute atomic E-state index is 0.242. The van der Waals surface area contributed by atoms with Gasteiger partial charge in [-0.05, 0) is 49.2 Å². The van der Waals surface area contributed by atoms with Crippen LogP contribution in [0.1, 0.15) is 23.2 Å². The Labute approximate surface area is 168 Å². The van der Waals surface area contributed by atoms with Gasteiger partial charge in [0.25, 0.3) is 5.91 Å². The molecule has 1 atom stereocenters. The van der Waals surface area contributed by atoms with Gasteiger partial charge in [0.05, 0.1) is 5.92 Å². The third-order valence-corrected chi connectivity index (χ3v) is 4.76. The molecule has 2 aromatic rings. The Morgan fingerprint density at radius 3 is 2.39 bits per heavy atom. The highest BCUT2D eigenvalue weighted by atomic mass is 35.5. The van der Waals surface area contributed by atoms with Crippen LogP contribution in [0.2, 0.25) is 5.02 Å². The van der Waals surface area contributed by atoms with Gasteiger partial charge < -0.3 is 10.2 Å². The summed E-state index contributed by atoms with van der Waals surface area (Å²) in [5.41, 5.74) is 5.93.